The van der Waals surface area contributed by atoms with Gasteiger partial charge in [0.2, 0.25) is 5.91 Å². The van der Waals surface area contributed by atoms with E-state index >= 15 is 0 Å². The van der Waals surface area contributed by atoms with Crippen molar-refractivity contribution < 1.29 is 14.3 Å². The summed E-state index contributed by atoms with van der Waals surface area (Å²) in [7, 11) is 0. The fourth-order valence-electron chi connectivity index (χ4n) is 3.24. The number of aryl methyl sites for hydroxylation is 1. The van der Waals surface area contributed by atoms with Gasteiger partial charge in [-0.15, -0.1) is 0 Å². The molecule has 1 N–H and O–H groups in total. The van der Waals surface area contributed by atoms with Gasteiger partial charge in [-0.2, -0.15) is 0 Å². The largest absolute Gasteiger partial charge is 0.482 e. The van der Waals surface area contributed by atoms with Gasteiger partial charge in [-0.05, 0) is 48.9 Å². The number of hydrogen-bond acceptors (Lipinski definition) is 4. The molecule has 0 unspecified atom stereocenters. The van der Waals surface area contributed by atoms with E-state index in [0.717, 1.165) is 37.4 Å². The van der Waals surface area contributed by atoms with E-state index in [1.54, 1.807) is 19.1 Å². The van der Waals surface area contributed by atoms with Crippen molar-refractivity contribution in [2.75, 3.05) is 43.0 Å². The molecule has 2 aromatic rings. The summed E-state index contributed by atoms with van der Waals surface area (Å²) in [4.78, 5) is 27.7. The molecule has 1 aliphatic rings. The Morgan fingerprint density at radius 2 is 1.72 bits per heavy atom. The molecule has 1 heterocycles. The van der Waals surface area contributed by atoms with Crippen LogP contribution in [0.1, 0.15) is 12.5 Å². The van der Waals surface area contributed by atoms with Gasteiger partial charge in [0, 0.05) is 49.5 Å². The number of nitrogens with zero attached hydrogens (tertiary/aromatic N) is 2. The Kier molecular flexibility index (Phi) is 6.87. The van der Waals surface area contributed by atoms with E-state index in [9.17, 15) is 9.59 Å². The molecule has 0 atom stereocenters. The molecule has 6 nitrogen and oxygen atoms in total. The summed E-state index contributed by atoms with van der Waals surface area (Å²) in [5.41, 5.74) is 2.51. The second-order valence-electron chi connectivity index (χ2n) is 6.91. The third-order valence-electron chi connectivity index (χ3n) is 4.78. The zero-order valence-electron chi connectivity index (χ0n) is 16.4. The molecule has 1 aliphatic heterocycles. The molecular weight excluding hydrogens is 413 g/mol. The van der Waals surface area contributed by atoms with E-state index < -0.39 is 0 Å². The molecular formula is C21H23Cl2N3O3. The summed E-state index contributed by atoms with van der Waals surface area (Å²) in [6, 6.07) is 10.9. The Balaban J connectivity index is 1.52. The molecule has 3 rings (SSSR count). The first-order valence-corrected chi connectivity index (χ1v) is 10.1. The lowest BCUT2D eigenvalue weighted by molar-refractivity contribution is -0.129. The molecule has 29 heavy (non-hydrogen) atoms. The Hall–Kier alpha value is -2.44. The number of piperazine rings is 1. The highest BCUT2D eigenvalue weighted by molar-refractivity contribution is 6.35. The van der Waals surface area contributed by atoms with E-state index in [1.165, 1.54) is 0 Å². The molecule has 0 aliphatic carbocycles. The second kappa shape index (κ2) is 9.37. The van der Waals surface area contributed by atoms with Gasteiger partial charge in [-0.25, -0.2) is 0 Å². The Bertz CT molecular complexity index is 872. The van der Waals surface area contributed by atoms with E-state index in [-0.39, 0.29) is 18.4 Å². The average Bonchev–Trinajstić information content (AvgIpc) is 2.68. The molecule has 1 saturated heterocycles. The summed E-state index contributed by atoms with van der Waals surface area (Å²) in [5, 5.41) is 3.70. The summed E-state index contributed by atoms with van der Waals surface area (Å²) in [5.74, 6) is 0.282. The van der Waals surface area contributed by atoms with Gasteiger partial charge in [0.05, 0.1) is 5.02 Å². The maximum Gasteiger partial charge on any atom is 0.262 e. The smallest absolute Gasteiger partial charge is 0.262 e. The zero-order valence-corrected chi connectivity index (χ0v) is 17.9. The predicted molar refractivity (Wildman–Crippen MR) is 116 cm³/mol. The van der Waals surface area contributed by atoms with Crippen LogP contribution in [0.3, 0.4) is 0 Å². The molecule has 0 aromatic heterocycles. The van der Waals surface area contributed by atoms with Crippen LogP contribution in [0.25, 0.3) is 0 Å². The number of carbonyl (C=O) groups excluding carboxylic acids is 2. The summed E-state index contributed by atoms with van der Waals surface area (Å²) in [6.07, 6.45) is 0. The monoisotopic (exact) mass is 435 g/mol. The quantitative estimate of drug-likeness (QED) is 0.770. The number of halogens is 2. The van der Waals surface area contributed by atoms with Crippen LogP contribution >= 0.6 is 23.2 Å². The van der Waals surface area contributed by atoms with Crippen molar-refractivity contribution in [2.45, 2.75) is 13.8 Å². The number of hydrogen-bond donors (Lipinski definition) is 1. The number of ether oxygens (including phenoxy) is 1. The van der Waals surface area contributed by atoms with Crippen molar-refractivity contribution >= 4 is 46.4 Å². The Labute approximate surface area is 180 Å². The van der Waals surface area contributed by atoms with E-state index in [4.69, 9.17) is 27.9 Å². The first-order chi connectivity index (χ1) is 13.8. The lowest BCUT2D eigenvalue weighted by atomic mass is 10.2. The van der Waals surface area contributed by atoms with Crippen molar-refractivity contribution in [1.82, 2.24) is 4.90 Å². The normalized spacial score (nSPS) is 13.9. The number of benzene rings is 2. The lowest BCUT2D eigenvalue weighted by Gasteiger charge is -2.35. The molecule has 2 amide bonds. The molecule has 0 radical (unpaired) electrons. The number of amides is 2. The van der Waals surface area contributed by atoms with Crippen LogP contribution in [0.4, 0.5) is 11.4 Å². The molecule has 154 valence electrons. The molecule has 2 aromatic carbocycles. The molecule has 0 saturated carbocycles. The fourth-order valence-corrected chi connectivity index (χ4v) is 3.89. The minimum atomic E-state index is -0.279. The number of rotatable bonds is 5. The molecule has 8 heteroatoms. The van der Waals surface area contributed by atoms with Crippen molar-refractivity contribution in [2.24, 2.45) is 0 Å². The molecule has 0 bridgehead atoms. The van der Waals surface area contributed by atoms with Gasteiger partial charge < -0.3 is 19.9 Å². The number of anilines is 2. The van der Waals surface area contributed by atoms with Crippen LogP contribution in [-0.4, -0.2) is 49.5 Å². The Morgan fingerprint density at radius 1 is 1.07 bits per heavy atom. The maximum absolute atomic E-state index is 12.2. The van der Waals surface area contributed by atoms with Gasteiger partial charge in [0.15, 0.2) is 6.61 Å². The van der Waals surface area contributed by atoms with Crippen LogP contribution < -0.4 is 15.0 Å². The van der Waals surface area contributed by atoms with E-state index in [2.05, 4.69) is 10.2 Å². The standard InChI is InChI=1S/C21H23Cl2N3O3/c1-14-11-16(22)12-19(23)21(14)29-13-20(28)24-17-3-5-18(6-4-17)26-9-7-25(8-10-26)15(2)27/h3-6,11-12H,7-10,13H2,1-2H3,(H,24,28). The molecule has 0 spiro atoms. The van der Waals surface area contributed by atoms with Gasteiger partial charge in [0.25, 0.3) is 5.91 Å². The maximum atomic E-state index is 12.2. The number of nitrogens with one attached hydrogen (secondary N) is 1. The number of carbonyl (C=O) groups is 2. The van der Waals surface area contributed by atoms with E-state index in [1.807, 2.05) is 36.1 Å². The van der Waals surface area contributed by atoms with Crippen LogP contribution in [-0.2, 0) is 9.59 Å². The predicted octanol–water partition coefficient (Wildman–Crippen LogP) is 3.99. The average molecular weight is 436 g/mol. The van der Waals surface area contributed by atoms with Crippen LogP contribution in [0.15, 0.2) is 36.4 Å². The first kappa shape index (κ1) is 21.3. The first-order valence-electron chi connectivity index (χ1n) is 9.32. The lowest BCUT2D eigenvalue weighted by Crippen LogP contribution is -2.48. The zero-order chi connectivity index (χ0) is 21.0. The van der Waals surface area contributed by atoms with Gasteiger partial charge >= 0.3 is 0 Å². The van der Waals surface area contributed by atoms with E-state index in [0.29, 0.717) is 21.5 Å². The van der Waals surface area contributed by atoms with Crippen LogP contribution in [0, 0.1) is 6.92 Å². The minimum absolute atomic E-state index is 0.111. The SMILES string of the molecule is CC(=O)N1CCN(c2ccc(NC(=O)COc3c(C)cc(Cl)cc3Cl)cc2)CC1. The van der Waals surface area contributed by atoms with Crippen LogP contribution in [0.5, 0.6) is 5.75 Å². The highest BCUT2D eigenvalue weighted by Gasteiger charge is 2.18. The van der Waals surface area contributed by atoms with Crippen molar-refractivity contribution in [3.05, 3.63) is 52.0 Å². The second-order valence-corrected chi connectivity index (χ2v) is 7.75. The van der Waals surface area contributed by atoms with Gasteiger partial charge in [0.1, 0.15) is 5.75 Å². The topological polar surface area (TPSA) is 61.9 Å². The van der Waals surface area contributed by atoms with Crippen molar-refractivity contribution in [3.63, 3.8) is 0 Å². The van der Waals surface area contributed by atoms with Gasteiger partial charge in [-0.1, -0.05) is 23.2 Å². The molecule has 1 fully saturated rings. The summed E-state index contributed by atoms with van der Waals surface area (Å²) < 4.78 is 5.56. The van der Waals surface area contributed by atoms with Crippen molar-refractivity contribution in [3.8, 4) is 5.75 Å². The highest BCUT2D eigenvalue weighted by Crippen LogP contribution is 2.31. The third-order valence-corrected chi connectivity index (χ3v) is 5.28. The fraction of sp³-hybridized carbons (Fsp3) is 0.333. The highest BCUT2D eigenvalue weighted by atomic mass is 35.5. The van der Waals surface area contributed by atoms with Crippen LogP contribution in [0.2, 0.25) is 10.0 Å². The van der Waals surface area contributed by atoms with Gasteiger partial charge in [-0.3, -0.25) is 9.59 Å². The third kappa shape index (κ3) is 5.55. The summed E-state index contributed by atoms with van der Waals surface area (Å²) >= 11 is 12.1. The van der Waals surface area contributed by atoms with Crippen molar-refractivity contribution in [1.29, 1.82) is 0 Å². The minimum Gasteiger partial charge on any atom is -0.482 e. The summed E-state index contributed by atoms with van der Waals surface area (Å²) in [6.45, 7) is 6.28. The Morgan fingerprint density at radius 3 is 2.31 bits per heavy atom.